The Hall–Kier alpha value is -3.08. The molecule has 0 radical (unpaired) electrons. The van der Waals surface area contributed by atoms with Crippen LogP contribution in [-0.2, 0) is 0 Å². The van der Waals surface area contributed by atoms with Gasteiger partial charge in [0.15, 0.2) is 5.82 Å². The maximum absolute atomic E-state index is 12.1. The number of hydrogen-bond donors (Lipinski definition) is 1. The predicted octanol–water partition coefficient (Wildman–Crippen LogP) is 2.79. The molecule has 3 rings (SSSR count). The van der Waals surface area contributed by atoms with Crippen LogP contribution in [0.15, 0.2) is 67.3 Å². The Labute approximate surface area is 121 Å². The summed E-state index contributed by atoms with van der Waals surface area (Å²) in [5, 5.41) is 2.79. The maximum atomic E-state index is 12.1. The van der Waals surface area contributed by atoms with Crippen molar-refractivity contribution in [2.45, 2.75) is 0 Å². The molecule has 0 aliphatic carbocycles. The second kappa shape index (κ2) is 5.92. The Bertz CT molecular complexity index is 727. The molecule has 2 aromatic heterocycles. The maximum Gasteiger partial charge on any atom is 0.258 e. The fourth-order valence-electron chi connectivity index (χ4n) is 1.81. The average Bonchev–Trinajstić information content (AvgIpc) is 2.57. The van der Waals surface area contributed by atoms with E-state index in [-0.39, 0.29) is 5.91 Å². The lowest BCUT2D eigenvalue weighted by Gasteiger charge is -2.05. The smallest absolute Gasteiger partial charge is 0.258 e. The number of carbonyl (C=O) groups excluding carboxylic acids is 1. The summed E-state index contributed by atoms with van der Waals surface area (Å²) >= 11 is 0. The first kappa shape index (κ1) is 12.9. The topological polar surface area (TPSA) is 67.8 Å². The Kier molecular flexibility index (Phi) is 3.64. The average molecular weight is 276 g/mol. The van der Waals surface area contributed by atoms with Crippen LogP contribution < -0.4 is 5.32 Å². The normalized spacial score (nSPS) is 10.1. The first-order valence-corrected chi connectivity index (χ1v) is 6.42. The first-order chi connectivity index (χ1) is 10.3. The Morgan fingerprint density at radius 2 is 1.67 bits per heavy atom. The zero-order chi connectivity index (χ0) is 14.5. The van der Waals surface area contributed by atoms with Crippen molar-refractivity contribution in [2.24, 2.45) is 0 Å². The van der Waals surface area contributed by atoms with E-state index < -0.39 is 0 Å². The monoisotopic (exact) mass is 276 g/mol. The fourth-order valence-corrected chi connectivity index (χ4v) is 1.81. The molecule has 0 saturated carbocycles. The number of aromatic nitrogens is 3. The van der Waals surface area contributed by atoms with Crippen molar-refractivity contribution in [3.8, 4) is 11.4 Å². The number of nitrogens with zero attached hydrogens (tertiary/aromatic N) is 3. The number of para-hydroxylation sites is 1. The van der Waals surface area contributed by atoms with Gasteiger partial charge in [0.25, 0.3) is 5.91 Å². The summed E-state index contributed by atoms with van der Waals surface area (Å²) < 4.78 is 0. The number of carbonyl (C=O) groups is 1. The number of benzene rings is 1. The molecule has 0 saturated heterocycles. The number of rotatable bonds is 3. The van der Waals surface area contributed by atoms with Crippen molar-refractivity contribution >= 4 is 11.6 Å². The van der Waals surface area contributed by atoms with Gasteiger partial charge in [-0.3, -0.25) is 9.78 Å². The van der Waals surface area contributed by atoms with Crippen molar-refractivity contribution in [2.75, 3.05) is 5.32 Å². The fraction of sp³-hybridized carbons (Fsp3) is 0. The van der Waals surface area contributed by atoms with Crippen LogP contribution in [-0.4, -0.2) is 20.9 Å². The van der Waals surface area contributed by atoms with Crippen LogP contribution in [0.5, 0.6) is 0 Å². The van der Waals surface area contributed by atoms with E-state index in [0.717, 1.165) is 11.3 Å². The lowest BCUT2D eigenvalue weighted by molar-refractivity contribution is 0.102. The molecular weight excluding hydrogens is 264 g/mol. The standard InChI is InChI=1S/C16H12N4O/c21-16(20-14-6-2-1-3-7-14)13-10-18-15(19-11-13)12-5-4-8-17-9-12/h1-11H,(H,20,21). The van der Waals surface area contributed by atoms with Gasteiger partial charge < -0.3 is 5.32 Å². The van der Waals surface area contributed by atoms with Crippen molar-refractivity contribution < 1.29 is 4.79 Å². The number of nitrogens with one attached hydrogen (secondary N) is 1. The molecule has 0 unspecified atom stereocenters. The van der Waals surface area contributed by atoms with E-state index in [9.17, 15) is 4.79 Å². The highest BCUT2D eigenvalue weighted by Crippen LogP contribution is 2.13. The molecule has 0 fully saturated rings. The number of anilines is 1. The summed E-state index contributed by atoms with van der Waals surface area (Å²) in [6, 6.07) is 12.9. The molecule has 0 atom stereocenters. The molecular formula is C16H12N4O. The summed E-state index contributed by atoms with van der Waals surface area (Å²) in [6.07, 6.45) is 6.38. The Morgan fingerprint density at radius 3 is 2.33 bits per heavy atom. The third-order valence-corrected chi connectivity index (χ3v) is 2.87. The van der Waals surface area contributed by atoms with Crippen molar-refractivity contribution in [3.63, 3.8) is 0 Å². The number of amides is 1. The number of hydrogen-bond acceptors (Lipinski definition) is 4. The van der Waals surface area contributed by atoms with Crippen LogP contribution in [0.2, 0.25) is 0 Å². The summed E-state index contributed by atoms with van der Waals surface area (Å²) in [4.78, 5) is 24.5. The van der Waals surface area contributed by atoms with E-state index in [1.807, 2.05) is 42.5 Å². The molecule has 1 amide bonds. The van der Waals surface area contributed by atoms with Crippen LogP contribution in [0.3, 0.4) is 0 Å². The molecule has 5 nitrogen and oxygen atoms in total. The van der Waals surface area contributed by atoms with Gasteiger partial charge in [-0.2, -0.15) is 0 Å². The van der Waals surface area contributed by atoms with Crippen LogP contribution in [0.4, 0.5) is 5.69 Å². The number of pyridine rings is 1. The van der Waals surface area contributed by atoms with Crippen molar-refractivity contribution in [1.82, 2.24) is 15.0 Å². The Balaban J connectivity index is 1.77. The third-order valence-electron chi connectivity index (χ3n) is 2.87. The van der Waals surface area contributed by atoms with Gasteiger partial charge in [0.2, 0.25) is 0 Å². The van der Waals surface area contributed by atoms with Gasteiger partial charge in [-0.25, -0.2) is 9.97 Å². The highest BCUT2D eigenvalue weighted by molar-refractivity contribution is 6.03. The molecule has 2 heterocycles. The SMILES string of the molecule is O=C(Nc1ccccc1)c1cnc(-c2cccnc2)nc1. The molecule has 0 spiro atoms. The second-order valence-corrected chi connectivity index (χ2v) is 4.36. The molecule has 0 bridgehead atoms. The molecule has 102 valence electrons. The minimum absolute atomic E-state index is 0.237. The third kappa shape index (κ3) is 3.09. The summed E-state index contributed by atoms with van der Waals surface area (Å²) in [5.74, 6) is 0.304. The van der Waals surface area contributed by atoms with Crippen LogP contribution in [0.25, 0.3) is 11.4 Å². The first-order valence-electron chi connectivity index (χ1n) is 6.42. The van der Waals surface area contributed by atoms with E-state index >= 15 is 0 Å². The zero-order valence-electron chi connectivity index (χ0n) is 11.1. The molecule has 1 N–H and O–H groups in total. The van der Waals surface area contributed by atoms with Gasteiger partial charge in [0.1, 0.15) is 0 Å². The second-order valence-electron chi connectivity index (χ2n) is 4.36. The summed E-state index contributed by atoms with van der Waals surface area (Å²) in [7, 11) is 0. The highest BCUT2D eigenvalue weighted by Gasteiger charge is 2.08. The molecule has 0 aliphatic rings. The predicted molar refractivity (Wildman–Crippen MR) is 79.7 cm³/mol. The van der Waals surface area contributed by atoms with Crippen LogP contribution in [0.1, 0.15) is 10.4 Å². The largest absolute Gasteiger partial charge is 0.322 e. The van der Waals surface area contributed by atoms with Crippen LogP contribution >= 0.6 is 0 Å². The molecule has 0 aliphatic heterocycles. The van der Waals surface area contributed by atoms with Gasteiger partial charge in [-0.1, -0.05) is 18.2 Å². The van der Waals surface area contributed by atoms with Crippen LogP contribution in [0, 0.1) is 0 Å². The quantitative estimate of drug-likeness (QED) is 0.798. The van der Waals surface area contributed by atoms with Crippen molar-refractivity contribution in [1.29, 1.82) is 0 Å². The summed E-state index contributed by atoms with van der Waals surface area (Å²) in [5.41, 5.74) is 1.96. The van der Waals surface area contributed by atoms with Gasteiger partial charge in [0, 0.05) is 36.0 Å². The van der Waals surface area contributed by atoms with E-state index in [2.05, 4.69) is 20.3 Å². The molecule has 5 heteroatoms. The Morgan fingerprint density at radius 1 is 0.905 bits per heavy atom. The van der Waals surface area contributed by atoms with E-state index in [4.69, 9.17) is 0 Å². The molecule has 3 aromatic rings. The molecule has 1 aromatic carbocycles. The highest BCUT2D eigenvalue weighted by atomic mass is 16.1. The van der Waals surface area contributed by atoms with Gasteiger partial charge in [-0.15, -0.1) is 0 Å². The van der Waals surface area contributed by atoms with E-state index in [0.29, 0.717) is 11.4 Å². The molecule has 21 heavy (non-hydrogen) atoms. The van der Waals surface area contributed by atoms with E-state index in [1.54, 1.807) is 12.4 Å². The van der Waals surface area contributed by atoms with Crippen molar-refractivity contribution in [3.05, 3.63) is 72.8 Å². The van der Waals surface area contributed by atoms with Gasteiger partial charge in [0.05, 0.1) is 5.56 Å². The van der Waals surface area contributed by atoms with E-state index in [1.165, 1.54) is 12.4 Å². The minimum atomic E-state index is -0.237. The van der Waals surface area contributed by atoms with Gasteiger partial charge in [-0.05, 0) is 24.3 Å². The summed E-state index contributed by atoms with van der Waals surface area (Å²) in [6.45, 7) is 0. The minimum Gasteiger partial charge on any atom is -0.322 e. The van der Waals surface area contributed by atoms with Gasteiger partial charge >= 0.3 is 0 Å². The lowest BCUT2D eigenvalue weighted by atomic mass is 10.2. The zero-order valence-corrected chi connectivity index (χ0v) is 11.1. The lowest BCUT2D eigenvalue weighted by Crippen LogP contribution is -2.12.